The van der Waals surface area contributed by atoms with E-state index in [4.69, 9.17) is 0 Å². The summed E-state index contributed by atoms with van der Waals surface area (Å²) >= 11 is 0. The van der Waals surface area contributed by atoms with Gasteiger partial charge in [0.1, 0.15) is 5.82 Å². The Morgan fingerprint density at radius 1 is 0.893 bits per heavy atom. The lowest BCUT2D eigenvalue weighted by Gasteiger charge is -2.45. The number of sulfonamides is 1. The van der Waals surface area contributed by atoms with Crippen LogP contribution < -0.4 is 0 Å². The zero-order valence-corrected chi connectivity index (χ0v) is 16.4. The standard InChI is InChI=1S/C21H23FN2O3S/c22-18-9-7-17(8-10-18)21(11-4-12-21)20(25)23-13-15-24(16-14-23)28(26,27)19-5-2-1-3-6-19/h1-3,5-10H,4,11-16H2. The van der Waals surface area contributed by atoms with Crippen LogP contribution in [0.2, 0.25) is 0 Å². The lowest BCUT2D eigenvalue weighted by atomic mass is 9.63. The molecule has 1 saturated carbocycles. The van der Waals surface area contributed by atoms with Crippen molar-refractivity contribution in [3.8, 4) is 0 Å². The Labute approximate surface area is 164 Å². The molecule has 4 rings (SSSR count). The Kier molecular flexibility index (Phi) is 4.97. The maximum Gasteiger partial charge on any atom is 0.243 e. The van der Waals surface area contributed by atoms with Crippen molar-refractivity contribution in [1.82, 2.24) is 9.21 Å². The zero-order valence-electron chi connectivity index (χ0n) is 15.6. The Bertz CT molecular complexity index is 949. The van der Waals surface area contributed by atoms with E-state index in [2.05, 4.69) is 0 Å². The molecule has 0 N–H and O–H groups in total. The number of piperazine rings is 1. The SMILES string of the molecule is O=C(N1CCN(S(=O)(=O)c2ccccc2)CC1)C1(c2ccc(F)cc2)CCC1. The number of carbonyl (C=O) groups excluding carboxylic acids is 1. The minimum Gasteiger partial charge on any atom is -0.339 e. The first kappa shape index (κ1) is 19.1. The van der Waals surface area contributed by atoms with Gasteiger partial charge in [-0.2, -0.15) is 4.31 Å². The number of rotatable bonds is 4. The fourth-order valence-electron chi connectivity index (χ4n) is 4.10. The van der Waals surface area contributed by atoms with E-state index >= 15 is 0 Å². The molecule has 1 heterocycles. The first-order valence-electron chi connectivity index (χ1n) is 9.54. The number of hydrogen-bond donors (Lipinski definition) is 0. The predicted octanol–water partition coefficient (Wildman–Crippen LogP) is 2.78. The highest BCUT2D eigenvalue weighted by molar-refractivity contribution is 7.89. The Balaban J connectivity index is 1.47. The van der Waals surface area contributed by atoms with Gasteiger partial charge in [-0.05, 0) is 42.7 Å². The summed E-state index contributed by atoms with van der Waals surface area (Å²) in [5.74, 6) is -0.285. The van der Waals surface area contributed by atoms with E-state index in [9.17, 15) is 17.6 Å². The molecule has 1 aliphatic heterocycles. The van der Waals surface area contributed by atoms with E-state index in [1.807, 2.05) is 0 Å². The van der Waals surface area contributed by atoms with Crippen LogP contribution >= 0.6 is 0 Å². The van der Waals surface area contributed by atoms with E-state index in [1.165, 1.54) is 16.4 Å². The van der Waals surface area contributed by atoms with Crippen LogP contribution in [0.1, 0.15) is 24.8 Å². The molecule has 1 saturated heterocycles. The van der Waals surface area contributed by atoms with Crippen molar-refractivity contribution >= 4 is 15.9 Å². The first-order valence-corrected chi connectivity index (χ1v) is 11.0. The summed E-state index contributed by atoms with van der Waals surface area (Å²) in [4.78, 5) is 15.3. The smallest absolute Gasteiger partial charge is 0.243 e. The van der Waals surface area contributed by atoms with Crippen LogP contribution in [0.4, 0.5) is 4.39 Å². The normalized spacial score (nSPS) is 19.8. The second-order valence-corrected chi connectivity index (χ2v) is 9.39. The molecule has 2 aromatic rings. The number of hydrogen-bond acceptors (Lipinski definition) is 3. The lowest BCUT2D eigenvalue weighted by Crippen LogP contribution is -2.57. The van der Waals surface area contributed by atoms with Gasteiger partial charge in [-0.3, -0.25) is 4.79 Å². The molecule has 2 aliphatic rings. The van der Waals surface area contributed by atoms with Gasteiger partial charge in [0.2, 0.25) is 15.9 Å². The molecule has 2 aromatic carbocycles. The average molecular weight is 402 g/mol. The molecule has 148 valence electrons. The van der Waals surface area contributed by atoms with Crippen LogP contribution in [-0.2, 0) is 20.2 Å². The van der Waals surface area contributed by atoms with Crippen molar-refractivity contribution in [1.29, 1.82) is 0 Å². The summed E-state index contributed by atoms with van der Waals surface area (Å²) in [6.07, 6.45) is 2.46. The van der Waals surface area contributed by atoms with E-state index < -0.39 is 15.4 Å². The molecule has 28 heavy (non-hydrogen) atoms. The summed E-state index contributed by atoms with van der Waals surface area (Å²) in [5.41, 5.74) is 0.262. The van der Waals surface area contributed by atoms with E-state index in [1.54, 1.807) is 47.4 Å². The Morgan fingerprint density at radius 2 is 1.50 bits per heavy atom. The van der Waals surface area contributed by atoms with Gasteiger partial charge < -0.3 is 4.90 Å². The van der Waals surface area contributed by atoms with Crippen LogP contribution in [-0.4, -0.2) is 49.7 Å². The highest BCUT2D eigenvalue weighted by Crippen LogP contribution is 2.45. The second-order valence-electron chi connectivity index (χ2n) is 7.45. The summed E-state index contributed by atoms with van der Waals surface area (Å²) in [5, 5.41) is 0. The molecule has 1 aliphatic carbocycles. The van der Waals surface area contributed by atoms with E-state index in [-0.39, 0.29) is 29.7 Å². The lowest BCUT2D eigenvalue weighted by molar-refractivity contribution is -0.142. The van der Waals surface area contributed by atoms with Crippen molar-refractivity contribution in [2.75, 3.05) is 26.2 Å². The number of carbonyl (C=O) groups is 1. The van der Waals surface area contributed by atoms with Gasteiger partial charge in [0.05, 0.1) is 10.3 Å². The first-order chi connectivity index (χ1) is 13.4. The van der Waals surface area contributed by atoms with E-state index in [0.29, 0.717) is 13.1 Å². The summed E-state index contributed by atoms with van der Waals surface area (Å²) in [6, 6.07) is 14.6. The highest BCUT2D eigenvalue weighted by Gasteiger charge is 2.48. The Hall–Kier alpha value is -2.25. The molecule has 5 nitrogen and oxygen atoms in total. The predicted molar refractivity (Wildman–Crippen MR) is 104 cm³/mol. The summed E-state index contributed by atoms with van der Waals surface area (Å²) < 4.78 is 40.3. The zero-order chi connectivity index (χ0) is 19.8. The molecule has 0 spiro atoms. The molecule has 0 aromatic heterocycles. The molecular weight excluding hydrogens is 379 g/mol. The fraction of sp³-hybridized carbons (Fsp3) is 0.381. The number of nitrogens with zero attached hydrogens (tertiary/aromatic N) is 2. The second kappa shape index (κ2) is 7.29. The summed E-state index contributed by atoms with van der Waals surface area (Å²) in [6.45, 7) is 1.30. The third-order valence-electron chi connectivity index (χ3n) is 5.92. The van der Waals surface area contributed by atoms with Crippen molar-refractivity contribution in [3.05, 3.63) is 66.0 Å². The van der Waals surface area contributed by atoms with Crippen molar-refractivity contribution in [3.63, 3.8) is 0 Å². The van der Waals surface area contributed by atoms with Crippen LogP contribution in [0.5, 0.6) is 0 Å². The molecular formula is C21H23FN2O3S. The van der Waals surface area contributed by atoms with Crippen LogP contribution in [0.15, 0.2) is 59.5 Å². The molecule has 1 amide bonds. The molecule has 2 fully saturated rings. The van der Waals surface area contributed by atoms with Gasteiger partial charge >= 0.3 is 0 Å². The quantitative estimate of drug-likeness (QED) is 0.790. The number of amides is 1. The van der Waals surface area contributed by atoms with Gasteiger partial charge in [0.25, 0.3) is 0 Å². The van der Waals surface area contributed by atoms with Gasteiger partial charge in [-0.15, -0.1) is 0 Å². The number of halogens is 1. The molecule has 7 heteroatoms. The van der Waals surface area contributed by atoms with Crippen LogP contribution in [0.3, 0.4) is 0 Å². The fourth-order valence-corrected chi connectivity index (χ4v) is 5.54. The minimum atomic E-state index is -3.54. The van der Waals surface area contributed by atoms with Crippen LogP contribution in [0.25, 0.3) is 0 Å². The topological polar surface area (TPSA) is 57.7 Å². The van der Waals surface area contributed by atoms with Gasteiger partial charge in [-0.1, -0.05) is 36.8 Å². The van der Waals surface area contributed by atoms with Crippen molar-refractivity contribution in [2.45, 2.75) is 29.6 Å². The third-order valence-corrected chi connectivity index (χ3v) is 7.83. The maximum absolute atomic E-state index is 13.3. The Morgan fingerprint density at radius 3 is 2.04 bits per heavy atom. The van der Waals surface area contributed by atoms with Crippen molar-refractivity contribution in [2.24, 2.45) is 0 Å². The average Bonchev–Trinajstić information content (AvgIpc) is 2.69. The van der Waals surface area contributed by atoms with Crippen LogP contribution in [0, 0.1) is 5.82 Å². The molecule has 0 radical (unpaired) electrons. The monoisotopic (exact) mass is 402 g/mol. The summed E-state index contributed by atoms with van der Waals surface area (Å²) in [7, 11) is -3.54. The van der Waals surface area contributed by atoms with Gasteiger partial charge in [-0.25, -0.2) is 12.8 Å². The maximum atomic E-state index is 13.3. The van der Waals surface area contributed by atoms with Gasteiger partial charge in [0, 0.05) is 26.2 Å². The van der Waals surface area contributed by atoms with E-state index in [0.717, 1.165) is 24.8 Å². The minimum absolute atomic E-state index is 0.0297. The molecule has 0 atom stereocenters. The van der Waals surface area contributed by atoms with Crippen molar-refractivity contribution < 1.29 is 17.6 Å². The third kappa shape index (κ3) is 3.22. The number of benzene rings is 2. The molecule has 0 unspecified atom stereocenters. The largest absolute Gasteiger partial charge is 0.339 e. The molecule has 0 bridgehead atoms. The van der Waals surface area contributed by atoms with Gasteiger partial charge in [0.15, 0.2) is 0 Å². The highest BCUT2D eigenvalue weighted by atomic mass is 32.2.